The van der Waals surface area contributed by atoms with Crippen molar-refractivity contribution in [2.24, 2.45) is 0 Å². The van der Waals surface area contributed by atoms with Gasteiger partial charge in [-0.05, 0) is 68.7 Å². The van der Waals surface area contributed by atoms with Crippen LogP contribution >= 0.6 is 0 Å². The van der Waals surface area contributed by atoms with Crippen LogP contribution in [0.2, 0.25) is 0 Å². The highest BCUT2D eigenvalue weighted by Gasteiger charge is 2.27. The smallest absolute Gasteiger partial charge is 0.365 e. The van der Waals surface area contributed by atoms with E-state index in [0.717, 1.165) is 45.5 Å². The van der Waals surface area contributed by atoms with Crippen LogP contribution in [0.25, 0.3) is 16.7 Å². The largest absolute Gasteiger partial charge is 0.496 e. The van der Waals surface area contributed by atoms with E-state index in [9.17, 15) is 9.18 Å². The summed E-state index contributed by atoms with van der Waals surface area (Å²) in [5.41, 5.74) is 6.36. The Labute approximate surface area is 226 Å². The van der Waals surface area contributed by atoms with Crippen molar-refractivity contribution in [3.63, 3.8) is 0 Å². The molecule has 4 aromatic rings. The number of fused-ring (bicyclic) bond motifs is 1. The van der Waals surface area contributed by atoms with E-state index < -0.39 is 5.97 Å². The standard InChI is InChI=1S/C31H29FN2O5/c1-18-6-7-20(32)12-27(18)38-15-24-22(10-11-25-29(24)19(2)14-31(3,4)34-25)23-9-8-21(13-28(23)36-5)39-30(35)26-16-37-17-33-26/h6-14,16-17,34H,15H2,1-5H3. The number of hydrogen-bond acceptors (Lipinski definition) is 7. The number of carbonyl (C=O) groups excluding carboxylic acids is 1. The number of hydrogen-bond donors (Lipinski definition) is 1. The Morgan fingerprint density at radius 3 is 2.59 bits per heavy atom. The molecule has 0 aliphatic carbocycles. The van der Waals surface area contributed by atoms with Gasteiger partial charge in [0.05, 0.1) is 12.6 Å². The third-order valence-electron chi connectivity index (χ3n) is 6.58. The Morgan fingerprint density at radius 2 is 1.85 bits per heavy atom. The Kier molecular flexibility index (Phi) is 6.87. The maximum atomic E-state index is 14.0. The fourth-order valence-corrected chi connectivity index (χ4v) is 4.91. The topological polar surface area (TPSA) is 82.8 Å². The molecule has 0 saturated heterocycles. The molecule has 0 spiro atoms. The highest BCUT2D eigenvalue weighted by molar-refractivity contribution is 5.90. The summed E-state index contributed by atoms with van der Waals surface area (Å²) in [5.74, 6) is 0.291. The summed E-state index contributed by atoms with van der Waals surface area (Å²) < 4.78 is 36.2. The number of aryl methyl sites for hydroxylation is 1. The SMILES string of the molecule is COc1cc(OC(=O)c2cocn2)ccc1-c1ccc2c(c1COc1cc(F)ccc1C)C(C)=CC(C)(C)N2. The Morgan fingerprint density at radius 1 is 1.05 bits per heavy atom. The first-order chi connectivity index (χ1) is 18.6. The van der Waals surface area contributed by atoms with Crippen molar-refractivity contribution >= 4 is 17.2 Å². The molecule has 0 fully saturated rings. The van der Waals surface area contributed by atoms with Crippen LogP contribution in [0.3, 0.4) is 0 Å². The molecule has 8 heteroatoms. The molecule has 5 rings (SSSR count). The lowest BCUT2D eigenvalue weighted by Crippen LogP contribution is -2.32. The normalized spacial score (nSPS) is 13.6. The van der Waals surface area contributed by atoms with Crippen LogP contribution in [0, 0.1) is 12.7 Å². The Hall–Kier alpha value is -4.59. The average Bonchev–Trinajstić information content (AvgIpc) is 3.43. The van der Waals surface area contributed by atoms with Gasteiger partial charge in [0, 0.05) is 34.5 Å². The van der Waals surface area contributed by atoms with Crippen LogP contribution < -0.4 is 19.5 Å². The van der Waals surface area contributed by atoms with Gasteiger partial charge in [-0.2, -0.15) is 0 Å². The van der Waals surface area contributed by atoms with E-state index in [2.05, 4.69) is 37.1 Å². The molecule has 3 aromatic carbocycles. The summed E-state index contributed by atoms with van der Waals surface area (Å²) in [6.07, 6.45) is 4.57. The van der Waals surface area contributed by atoms with Crippen molar-refractivity contribution < 1.29 is 27.8 Å². The first-order valence-electron chi connectivity index (χ1n) is 12.5. The number of aromatic nitrogens is 1. The zero-order valence-electron chi connectivity index (χ0n) is 22.4. The van der Waals surface area contributed by atoms with Crippen molar-refractivity contribution in [2.75, 3.05) is 12.4 Å². The fraction of sp³-hybridized carbons (Fsp3) is 0.226. The third-order valence-corrected chi connectivity index (χ3v) is 6.58. The van der Waals surface area contributed by atoms with Gasteiger partial charge in [-0.3, -0.25) is 0 Å². The lowest BCUT2D eigenvalue weighted by Gasteiger charge is -2.33. The monoisotopic (exact) mass is 528 g/mol. The number of benzene rings is 3. The van der Waals surface area contributed by atoms with Gasteiger partial charge in [0.2, 0.25) is 0 Å². The van der Waals surface area contributed by atoms with Crippen molar-refractivity contribution in [1.82, 2.24) is 4.98 Å². The second-order valence-corrected chi connectivity index (χ2v) is 10.0. The van der Waals surface area contributed by atoms with E-state index in [0.29, 0.717) is 17.2 Å². The van der Waals surface area contributed by atoms with Crippen molar-refractivity contribution in [3.05, 3.63) is 95.5 Å². The lowest BCUT2D eigenvalue weighted by molar-refractivity contribution is 0.0728. The zero-order valence-corrected chi connectivity index (χ0v) is 22.4. The number of oxazole rings is 1. The van der Waals surface area contributed by atoms with Crippen LogP contribution in [-0.2, 0) is 6.61 Å². The Balaban J connectivity index is 1.57. The molecule has 7 nitrogen and oxygen atoms in total. The van der Waals surface area contributed by atoms with Gasteiger partial charge in [0.15, 0.2) is 12.1 Å². The maximum absolute atomic E-state index is 14.0. The molecule has 200 valence electrons. The van der Waals surface area contributed by atoms with Crippen molar-refractivity contribution in [1.29, 1.82) is 0 Å². The van der Waals surface area contributed by atoms with Crippen LogP contribution in [0.1, 0.15) is 48.0 Å². The summed E-state index contributed by atoms with van der Waals surface area (Å²) in [5, 5.41) is 3.58. The van der Waals surface area contributed by atoms with E-state index in [1.165, 1.54) is 18.4 Å². The van der Waals surface area contributed by atoms with Crippen LogP contribution in [0.4, 0.5) is 10.1 Å². The van der Waals surface area contributed by atoms with E-state index in [4.69, 9.17) is 18.6 Å². The molecule has 1 aliphatic rings. The second kappa shape index (κ2) is 10.3. The molecule has 0 saturated carbocycles. The van der Waals surface area contributed by atoms with Crippen molar-refractivity contribution in [2.45, 2.75) is 39.8 Å². The number of methoxy groups -OCH3 is 1. The van der Waals surface area contributed by atoms with Gasteiger partial charge in [0.1, 0.15) is 35.9 Å². The van der Waals surface area contributed by atoms with E-state index in [1.807, 2.05) is 25.1 Å². The van der Waals surface area contributed by atoms with Crippen LogP contribution in [-0.4, -0.2) is 23.6 Å². The summed E-state index contributed by atoms with van der Waals surface area (Å²) in [6, 6.07) is 13.7. The molecular weight excluding hydrogens is 499 g/mol. The lowest BCUT2D eigenvalue weighted by atomic mass is 9.85. The van der Waals surface area contributed by atoms with Gasteiger partial charge in [-0.1, -0.05) is 18.2 Å². The first-order valence-corrected chi connectivity index (χ1v) is 12.5. The molecule has 1 N–H and O–H groups in total. The summed E-state index contributed by atoms with van der Waals surface area (Å²) in [7, 11) is 1.56. The average molecular weight is 529 g/mol. The molecule has 1 aromatic heterocycles. The maximum Gasteiger partial charge on any atom is 0.365 e. The van der Waals surface area contributed by atoms with Crippen LogP contribution in [0.15, 0.2) is 71.7 Å². The number of allylic oxidation sites excluding steroid dienone is 1. The summed E-state index contributed by atoms with van der Waals surface area (Å²) >= 11 is 0. The van der Waals surface area contributed by atoms with Crippen LogP contribution in [0.5, 0.6) is 17.2 Å². The molecule has 0 atom stereocenters. The fourth-order valence-electron chi connectivity index (χ4n) is 4.91. The van der Waals surface area contributed by atoms with E-state index in [-0.39, 0.29) is 23.7 Å². The minimum Gasteiger partial charge on any atom is -0.496 e. The van der Waals surface area contributed by atoms with Gasteiger partial charge < -0.3 is 23.9 Å². The quantitative estimate of drug-likeness (QED) is 0.201. The number of rotatable bonds is 7. The highest BCUT2D eigenvalue weighted by atomic mass is 19.1. The second-order valence-electron chi connectivity index (χ2n) is 10.0. The highest BCUT2D eigenvalue weighted by Crippen LogP contribution is 2.43. The molecular formula is C31H29FN2O5. The predicted molar refractivity (Wildman–Crippen MR) is 147 cm³/mol. The van der Waals surface area contributed by atoms with Gasteiger partial charge in [0.25, 0.3) is 0 Å². The zero-order chi connectivity index (χ0) is 27.7. The molecule has 0 unspecified atom stereocenters. The van der Waals surface area contributed by atoms with E-state index >= 15 is 0 Å². The first kappa shape index (κ1) is 26.0. The number of halogens is 1. The summed E-state index contributed by atoms with van der Waals surface area (Å²) in [6.45, 7) is 8.38. The van der Waals surface area contributed by atoms with Gasteiger partial charge >= 0.3 is 5.97 Å². The minimum atomic E-state index is -0.638. The number of nitrogens with zero attached hydrogens (tertiary/aromatic N) is 1. The number of ether oxygens (including phenoxy) is 3. The molecule has 2 heterocycles. The molecule has 39 heavy (non-hydrogen) atoms. The van der Waals surface area contributed by atoms with E-state index in [1.54, 1.807) is 25.3 Å². The molecule has 1 aliphatic heterocycles. The minimum absolute atomic E-state index is 0.0671. The number of nitrogens with one attached hydrogen (secondary N) is 1. The molecule has 0 radical (unpaired) electrons. The molecule has 0 bridgehead atoms. The number of esters is 1. The Bertz CT molecular complexity index is 1570. The van der Waals surface area contributed by atoms with Gasteiger partial charge in [-0.15, -0.1) is 0 Å². The van der Waals surface area contributed by atoms with Gasteiger partial charge in [-0.25, -0.2) is 14.2 Å². The van der Waals surface area contributed by atoms with Crippen molar-refractivity contribution in [3.8, 4) is 28.4 Å². The predicted octanol–water partition coefficient (Wildman–Crippen LogP) is 7.20. The third kappa shape index (κ3) is 5.36. The summed E-state index contributed by atoms with van der Waals surface area (Å²) in [4.78, 5) is 16.2. The number of carbonyl (C=O) groups is 1. The molecule has 0 amide bonds. The number of anilines is 1.